The number of fused-ring (bicyclic) bond motifs is 1. The molecular formula is C16H11ClN4. The van der Waals surface area contributed by atoms with E-state index in [1.54, 1.807) is 24.3 Å². The number of para-hydroxylation sites is 1. The Hall–Kier alpha value is -2.77. The molecule has 1 heterocycles. The van der Waals surface area contributed by atoms with Crippen LogP contribution < -0.4 is 11.1 Å². The molecule has 21 heavy (non-hydrogen) atoms. The van der Waals surface area contributed by atoms with Crippen LogP contribution in [0.2, 0.25) is 5.02 Å². The lowest BCUT2D eigenvalue weighted by molar-refractivity contribution is 1.36. The van der Waals surface area contributed by atoms with E-state index in [0.29, 0.717) is 27.8 Å². The fourth-order valence-corrected chi connectivity index (χ4v) is 2.27. The van der Waals surface area contributed by atoms with E-state index in [9.17, 15) is 5.26 Å². The van der Waals surface area contributed by atoms with Crippen LogP contribution in [0.5, 0.6) is 0 Å². The van der Waals surface area contributed by atoms with Crippen molar-refractivity contribution < 1.29 is 0 Å². The number of nitriles is 1. The van der Waals surface area contributed by atoms with Crippen LogP contribution in [0.25, 0.3) is 10.9 Å². The second kappa shape index (κ2) is 5.31. The van der Waals surface area contributed by atoms with Gasteiger partial charge in [-0.05, 0) is 30.3 Å². The van der Waals surface area contributed by atoms with Crippen molar-refractivity contribution in [3.63, 3.8) is 0 Å². The minimum Gasteiger partial charge on any atom is -0.399 e. The van der Waals surface area contributed by atoms with E-state index in [1.165, 1.54) is 0 Å². The molecule has 102 valence electrons. The number of hydrogen-bond donors (Lipinski definition) is 2. The molecule has 0 atom stereocenters. The second-order valence-corrected chi connectivity index (χ2v) is 4.96. The van der Waals surface area contributed by atoms with Gasteiger partial charge in [0.2, 0.25) is 0 Å². The predicted molar refractivity (Wildman–Crippen MR) is 85.6 cm³/mol. The van der Waals surface area contributed by atoms with Crippen molar-refractivity contribution in [2.24, 2.45) is 0 Å². The van der Waals surface area contributed by atoms with Gasteiger partial charge in [-0.1, -0.05) is 29.8 Å². The zero-order valence-electron chi connectivity index (χ0n) is 11.0. The van der Waals surface area contributed by atoms with Crippen molar-refractivity contribution >= 4 is 39.7 Å². The summed E-state index contributed by atoms with van der Waals surface area (Å²) in [5, 5.41) is 13.7. The number of nitrogens with zero attached hydrogens (tertiary/aromatic N) is 2. The van der Waals surface area contributed by atoms with Crippen molar-refractivity contribution in [2.45, 2.75) is 0 Å². The molecule has 0 unspecified atom stereocenters. The van der Waals surface area contributed by atoms with Crippen molar-refractivity contribution in [2.75, 3.05) is 11.1 Å². The maximum Gasteiger partial charge on any atom is 0.132 e. The van der Waals surface area contributed by atoms with Crippen LogP contribution in [0.3, 0.4) is 0 Å². The Kier molecular flexibility index (Phi) is 3.35. The van der Waals surface area contributed by atoms with Gasteiger partial charge < -0.3 is 11.1 Å². The Morgan fingerprint density at radius 3 is 2.76 bits per heavy atom. The molecule has 4 nitrogen and oxygen atoms in total. The first kappa shape index (κ1) is 13.2. The fourth-order valence-electron chi connectivity index (χ4n) is 2.11. The number of hydrogen-bond acceptors (Lipinski definition) is 4. The van der Waals surface area contributed by atoms with E-state index in [-0.39, 0.29) is 0 Å². The Balaban J connectivity index is 2.09. The monoisotopic (exact) mass is 294 g/mol. The molecule has 0 aliphatic carbocycles. The molecule has 3 aromatic rings. The Morgan fingerprint density at radius 2 is 1.95 bits per heavy atom. The third-order valence-electron chi connectivity index (χ3n) is 3.09. The molecule has 0 saturated heterocycles. The highest BCUT2D eigenvalue weighted by atomic mass is 35.5. The molecule has 0 aliphatic rings. The molecule has 0 radical (unpaired) electrons. The zero-order chi connectivity index (χ0) is 14.8. The number of anilines is 3. The minimum absolute atomic E-state index is 0.540. The van der Waals surface area contributed by atoms with Crippen LogP contribution in [-0.2, 0) is 0 Å². The number of pyridine rings is 1. The van der Waals surface area contributed by atoms with Gasteiger partial charge in [0, 0.05) is 11.1 Å². The summed E-state index contributed by atoms with van der Waals surface area (Å²) in [6.07, 6.45) is 0. The number of rotatable bonds is 2. The van der Waals surface area contributed by atoms with E-state index in [2.05, 4.69) is 16.4 Å². The average Bonchev–Trinajstić information content (AvgIpc) is 2.50. The van der Waals surface area contributed by atoms with E-state index in [0.717, 1.165) is 10.9 Å². The number of benzene rings is 2. The van der Waals surface area contributed by atoms with Crippen LogP contribution in [0, 0.1) is 11.3 Å². The van der Waals surface area contributed by atoms with E-state index in [1.807, 2.05) is 24.3 Å². The molecule has 0 spiro atoms. The molecule has 0 fully saturated rings. The quantitative estimate of drug-likeness (QED) is 0.698. The van der Waals surface area contributed by atoms with Gasteiger partial charge in [-0.2, -0.15) is 5.26 Å². The first-order chi connectivity index (χ1) is 10.2. The number of nitrogens with one attached hydrogen (secondary N) is 1. The van der Waals surface area contributed by atoms with Gasteiger partial charge in [0.15, 0.2) is 0 Å². The summed E-state index contributed by atoms with van der Waals surface area (Å²) in [4.78, 5) is 4.49. The van der Waals surface area contributed by atoms with Crippen LogP contribution in [0.1, 0.15) is 5.56 Å². The first-order valence-corrected chi connectivity index (χ1v) is 6.67. The van der Waals surface area contributed by atoms with Gasteiger partial charge >= 0.3 is 0 Å². The highest BCUT2D eigenvalue weighted by Gasteiger charge is 2.07. The van der Waals surface area contributed by atoms with E-state index >= 15 is 0 Å². The van der Waals surface area contributed by atoms with Gasteiger partial charge in [0.1, 0.15) is 5.82 Å². The molecule has 3 rings (SSSR count). The molecule has 5 heteroatoms. The zero-order valence-corrected chi connectivity index (χ0v) is 11.7. The topological polar surface area (TPSA) is 74.7 Å². The highest BCUT2D eigenvalue weighted by molar-refractivity contribution is 6.33. The summed E-state index contributed by atoms with van der Waals surface area (Å²) in [6, 6.07) is 16.5. The summed E-state index contributed by atoms with van der Waals surface area (Å²) in [6.45, 7) is 0. The summed E-state index contributed by atoms with van der Waals surface area (Å²) < 4.78 is 0. The highest BCUT2D eigenvalue weighted by Crippen LogP contribution is 2.28. The smallest absolute Gasteiger partial charge is 0.132 e. The van der Waals surface area contributed by atoms with Crippen LogP contribution >= 0.6 is 11.6 Å². The van der Waals surface area contributed by atoms with E-state index < -0.39 is 0 Å². The summed E-state index contributed by atoms with van der Waals surface area (Å²) in [5.41, 5.74) is 8.32. The van der Waals surface area contributed by atoms with Gasteiger partial charge in [-0.25, -0.2) is 4.98 Å². The van der Waals surface area contributed by atoms with Crippen molar-refractivity contribution in [1.82, 2.24) is 4.98 Å². The molecule has 0 aliphatic heterocycles. The van der Waals surface area contributed by atoms with Gasteiger partial charge in [0.25, 0.3) is 0 Å². The number of nitrogens with two attached hydrogens (primary N) is 1. The Bertz CT molecular complexity index is 868. The third kappa shape index (κ3) is 2.60. The number of halogens is 1. The van der Waals surface area contributed by atoms with Crippen molar-refractivity contribution in [3.8, 4) is 6.07 Å². The summed E-state index contributed by atoms with van der Waals surface area (Å²) in [5.74, 6) is 0.553. The first-order valence-electron chi connectivity index (χ1n) is 6.29. The standard InChI is InChI=1S/C16H11ClN4/c17-13-6-5-11(19)8-15(13)21-16-7-10(9-18)12-3-1-2-4-14(12)20-16/h1-8H,19H2,(H,20,21). The molecule has 0 amide bonds. The molecule has 0 saturated carbocycles. The molecule has 2 aromatic carbocycles. The van der Waals surface area contributed by atoms with Gasteiger partial charge in [-0.15, -0.1) is 0 Å². The fraction of sp³-hybridized carbons (Fsp3) is 0. The lowest BCUT2D eigenvalue weighted by atomic mass is 10.1. The number of nitrogen functional groups attached to an aromatic ring is 1. The summed E-state index contributed by atoms with van der Waals surface area (Å²) >= 11 is 6.13. The van der Waals surface area contributed by atoms with Crippen LogP contribution in [0.15, 0.2) is 48.5 Å². The summed E-state index contributed by atoms with van der Waals surface area (Å²) in [7, 11) is 0. The predicted octanol–water partition coefficient (Wildman–Crippen LogP) is 4.09. The largest absolute Gasteiger partial charge is 0.399 e. The van der Waals surface area contributed by atoms with Gasteiger partial charge in [0.05, 0.1) is 27.9 Å². The van der Waals surface area contributed by atoms with Crippen molar-refractivity contribution in [3.05, 3.63) is 59.1 Å². The SMILES string of the molecule is N#Cc1cc(Nc2cc(N)ccc2Cl)nc2ccccc12. The van der Waals surface area contributed by atoms with Crippen LogP contribution in [0.4, 0.5) is 17.2 Å². The number of aromatic nitrogens is 1. The van der Waals surface area contributed by atoms with E-state index in [4.69, 9.17) is 17.3 Å². The second-order valence-electron chi connectivity index (χ2n) is 4.55. The van der Waals surface area contributed by atoms with Gasteiger partial charge in [-0.3, -0.25) is 0 Å². The maximum absolute atomic E-state index is 9.27. The minimum atomic E-state index is 0.540. The average molecular weight is 295 g/mol. The molecule has 3 N–H and O–H groups in total. The normalized spacial score (nSPS) is 10.3. The Labute approximate surface area is 126 Å². The van der Waals surface area contributed by atoms with Crippen LogP contribution in [-0.4, -0.2) is 4.98 Å². The molecular weight excluding hydrogens is 284 g/mol. The maximum atomic E-state index is 9.27. The lowest BCUT2D eigenvalue weighted by Crippen LogP contribution is -1.97. The van der Waals surface area contributed by atoms with Crippen molar-refractivity contribution in [1.29, 1.82) is 5.26 Å². The third-order valence-corrected chi connectivity index (χ3v) is 3.42. The Morgan fingerprint density at radius 1 is 1.14 bits per heavy atom. The lowest BCUT2D eigenvalue weighted by Gasteiger charge is -2.10. The molecule has 1 aromatic heterocycles. The molecule has 0 bridgehead atoms.